The van der Waals surface area contributed by atoms with Crippen molar-refractivity contribution in [2.45, 2.75) is 31.5 Å². The van der Waals surface area contributed by atoms with Crippen LogP contribution in [0, 0.1) is 5.41 Å². The first-order valence-corrected chi connectivity index (χ1v) is 4.44. The number of hydrogen-bond acceptors (Lipinski definition) is 3. The quantitative estimate of drug-likeness (QED) is 0.582. The lowest BCUT2D eigenvalue weighted by molar-refractivity contribution is -0.224. The van der Waals surface area contributed by atoms with Gasteiger partial charge in [0.1, 0.15) is 6.29 Å². The number of hydrogen-bond donors (Lipinski definition) is 0. The van der Waals surface area contributed by atoms with Crippen LogP contribution in [0.5, 0.6) is 0 Å². The summed E-state index contributed by atoms with van der Waals surface area (Å²) in [5.41, 5.74) is -0.332. The molecule has 3 heteroatoms. The van der Waals surface area contributed by atoms with E-state index in [1.54, 1.807) is 7.11 Å². The Morgan fingerprint density at radius 2 is 2.25 bits per heavy atom. The van der Waals surface area contributed by atoms with Gasteiger partial charge in [-0.25, -0.2) is 0 Å². The largest absolute Gasteiger partial charge is 0.352 e. The molecule has 12 heavy (non-hydrogen) atoms. The molecule has 1 aliphatic carbocycles. The van der Waals surface area contributed by atoms with Gasteiger partial charge >= 0.3 is 0 Å². The highest BCUT2D eigenvalue weighted by atomic mass is 16.7. The van der Waals surface area contributed by atoms with Crippen molar-refractivity contribution in [1.29, 1.82) is 0 Å². The third-order valence-corrected chi connectivity index (χ3v) is 3.33. The van der Waals surface area contributed by atoms with E-state index in [1.807, 2.05) is 0 Å². The van der Waals surface area contributed by atoms with Gasteiger partial charge in [-0.2, -0.15) is 0 Å². The van der Waals surface area contributed by atoms with Crippen LogP contribution >= 0.6 is 0 Å². The summed E-state index contributed by atoms with van der Waals surface area (Å²) in [6.45, 7) is 0.659. The van der Waals surface area contributed by atoms with E-state index in [2.05, 4.69) is 0 Å². The van der Waals surface area contributed by atoms with Crippen LogP contribution in [0.2, 0.25) is 0 Å². The van der Waals surface area contributed by atoms with E-state index in [1.165, 1.54) is 0 Å². The molecule has 0 aromatic heterocycles. The van der Waals surface area contributed by atoms with Crippen LogP contribution in [0.15, 0.2) is 0 Å². The monoisotopic (exact) mass is 170 g/mol. The minimum absolute atomic E-state index is 0.332. The lowest BCUT2D eigenvalue weighted by Gasteiger charge is -2.33. The molecule has 2 unspecified atom stereocenters. The van der Waals surface area contributed by atoms with Crippen LogP contribution in [0.3, 0.4) is 0 Å². The molecule has 1 saturated carbocycles. The molecule has 0 bridgehead atoms. The van der Waals surface area contributed by atoms with E-state index in [0.717, 1.165) is 32.0 Å². The smallest absolute Gasteiger partial charge is 0.180 e. The Labute approximate surface area is 72.0 Å². The Balaban J connectivity index is 2.34. The summed E-state index contributed by atoms with van der Waals surface area (Å²) < 4.78 is 10.9. The standard InChI is InChI=1S/C9H14O3/c1-11-9-4-2-3-8(9,7-10)5-6-12-9/h7H,2-6H2,1H3. The van der Waals surface area contributed by atoms with Crippen LogP contribution in [-0.2, 0) is 14.3 Å². The van der Waals surface area contributed by atoms with Gasteiger partial charge in [0.25, 0.3) is 0 Å². The fraction of sp³-hybridized carbons (Fsp3) is 0.889. The predicted octanol–water partition coefficient (Wildman–Crippen LogP) is 1.12. The van der Waals surface area contributed by atoms with Crippen molar-refractivity contribution in [1.82, 2.24) is 0 Å². The zero-order valence-electron chi connectivity index (χ0n) is 7.34. The molecule has 0 aromatic rings. The van der Waals surface area contributed by atoms with E-state index in [9.17, 15) is 4.79 Å². The van der Waals surface area contributed by atoms with Crippen LogP contribution < -0.4 is 0 Å². The van der Waals surface area contributed by atoms with Crippen LogP contribution in [0.1, 0.15) is 25.7 Å². The Morgan fingerprint density at radius 3 is 2.83 bits per heavy atom. The number of methoxy groups -OCH3 is 1. The Morgan fingerprint density at radius 1 is 1.42 bits per heavy atom. The molecule has 3 nitrogen and oxygen atoms in total. The summed E-state index contributed by atoms with van der Waals surface area (Å²) >= 11 is 0. The lowest BCUT2D eigenvalue weighted by Crippen LogP contribution is -2.43. The lowest BCUT2D eigenvalue weighted by atomic mass is 9.82. The third-order valence-electron chi connectivity index (χ3n) is 3.33. The minimum atomic E-state index is -0.575. The molecule has 2 aliphatic rings. The van der Waals surface area contributed by atoms with Crippen LogP contribution in [0.25, 0.3) is 0 Å². The maximum absolute atomic E-state index is 11.0. The van der Waals surface area contributed by atoms with E-state index in [4.69, 9.17) is 9.47 Å². The molecule has 0 N–H and O–H groups in total. The number of carbonyl (C=O) groups excluding carboxylic acids is 1. The molecule has 0 spiro atoms. The highest BCUT2D eigenvalue weighted by molar-refractivity contribution is 5.62. The summed E-state index contributed by atoms with van der Waals surface area (Å²) in [6.07, 6.45) is 4.68. The number of ether oxygens (including phenoxy) is 2. The van der Waals surface area contributed by atoms with Gasteiger partial charge in [-0.05, 0) is 19.3 Å². The van der Waals surface area contributed by atoms with Crippen molar-refractivity contribution in [3.05, 3.63) is 0 Å². The molecular weight excluding hydrogens is 156 g/mol. The second-order valence-corrected chi connectivity index (χ2v) is 3.68. The summed E-state index contributed by atoms with van der Waals surface area (Å²) in [4.78, 5) is 11.0. The molecule has 0 aromatic carbocycles. The van der Waals surface area contributed by atoms with Crippen molar-refractivity contribution < 1.29 is 14.3 Å². The Hall–Kier alpha value is -0.410. The molecule has 68 valence electrons. The van der Waals surface area contributed by atoms with Crippen molar-refractivity contribution in [3.63, 3.8) is 0 Å². The molecular formula is C9H14O3. The Kier molecular flexibility index (Phi) is 1.73. The van der Waals surface area contributed by atoms with Crippen molar-refractivity contribution >= 4 is 6.29 Å². The minimum Gasteiger partial charge on any atom is -0.352 e. The number of aldehydes is 1. The molecule has 0 radical (unpaired) electrons. The van der Waals surface area contributed by atoms with Crippen molar-refractivity contribution in [2.24, 2.45) is 5.41 Å². The number of carbonyl (C=O) groups is 1. The van der Waals surface area contributed by atoms with Gasteiger partial charge in [0.15, 0.2) is 5.79 Å². The van der Waals surface area contributed by atoms with Crippen molar-refractivity contribution in [2.75, 3.05) is 13.7 Å². The predicted molar refractivity (Wildman–Crippen MR) is 42.7 cm³/mol. The second-order valence-electron chi connectivity index (χ2n) is 3.68. The number of rotatable bonds is 2. The topological polar surface area (TPSA) is 35.5 Å². The average molecular weight is 170 g/mol. The molecule has 1 saturated heterocycles. The van der Waals surface area contributed by atoms with Gasteiger partial charge in [0.05, 0.1) is 12.0 Å². The van der Waals surface area contributed by atoms with Crippen molar-refractivity contribution in [3.8, 4) is 0 Å². The fourth-order valence-corrected chi connectivity index (χ4v) is 2.58. The fourth-order valence-electron chi connectivity index (χ4n) is 2.58. The van der Waals surface area contributed by atoms with Gasteiger partial charge in [-0.3, -0.25) is 0 Å². The first-order valence-electron chi connectivity index (χ1n) is 4.44. The summed E-state index contributed by atoms with van der Waals surface area (Å²) in [6, 6.07) is 0. The molecule has 1 heterocycles. The first-order chi connectivity index (χ1) is 5.79. The zero-order chi connectivity index (χ0) is 8.66. The Bertz CT molecular complexity index is 190. The highest BCUT2D eigenvalue weighted by Crippen LogP contribution is 2.54. The van der Waals surface area contributed by atoms with Gasteiger partial charge in [-0.1, -0.05) is 0 Å². The van der Waals surface area contributed by atoms with Gasteiger partial charge in [-0.15, -0.1) is 0 Å². The average Bonchev–Trinajstić information content (AvgIpc) is 2.58. The SMILES string of the molecule is COC12CCCC1(C=O)CCO2. The maximum Gasteiger partial charge on any atom is 0.180 e. The molecule has 2 rings (SSSR count). The molecule has 0 amide bonds. The van der Waals surface area contributed by atoms with E-state index in [-0.39, 0.29) is 5.41 Å². The third kappa shape index (κ3) is 0.756. The normalized spacial score (nSPS) is 46.1. The summed E-state index contributed by atoms with van der Waals surface area (Å²) in [7, 11) is 1.63. The summed E-state index contributed by atoms with van der Waals surface area (Å²) in [5, 5.41) is 0. The molecule has 2 atom stereocenters. The zero-order valence-corrected chi connectivity index (χ0v) is 7.34. The van der Waals surface area contributed by atoms with E-state index >= 15 is 0 Å². The maximum atomic E-state index is 11.0. The van der Waals surface area contributed by atoms with Gasteiger partial charge in [0.2, 0.25) is 0 Å². The highest BCUT2D eigenvalue weighted by Gasteiger charge is 2.60. The van der Waals surface area contributed by atoms with Crippen LogP contribution in [0.4, 0.5) is 0 Å². The van der Waals surface area contributed by atoms with Gasteiger partial charge in [0, 0.05) is 13.5 Å². The summed E-state index contributed by atoms with van der Waals surface area (Å²) in [5.74, 6) is -0.575. The van der Waals surface area contributed by atoms with E-state index in [0.29, 0.717) is 6.61 Å². The molecule has 2 fully saturated rings. The second kappa shape index (κ2) is 2.54. The first kappa shape index (κ1) is 8.20. The number of fused-ring (bicyclic) bond motifs is 1. The van der Waals surface area contributed by atoms with Gasteiger partial charge < -0.3 is 14.3 Å². The van der Waals surface area contributed by atoms with Crippen LogP contribution in [-0.4, -0.2) is 25.8 Å². The molecule has 1 aliphatic heterocycles. The van der Waals surface area contributed by atoms with E-state index < -0.39 is 5.79 Å².